The zero-order valence-electron chi connectivity index (χ0n) is 18.5. The van der Waals surface area contributed by atoms with Gasteiger partial charge in [0.15, 0.2) is 5.78 Å². The van der Waals surface area contributed by atoms with Crippen LogP contribution in [0, 0.1) is 12.3 Å². The van der Waals surface area contributed by atoms with Crippen LogP contribution in [0.2, 0.25) is 0 Å². The first kappa shape index (κ1) is 23.1. The molecule has 4 nitrogen and oxygen atoms in total. The van der Waals surface area contributed by atoms with Crippen molar-refractivity contribution < 1.29 is 19.1 Å². The summed E-state index contributed by atoms with van der Waals surface area (Å²) in [6, 6.07) is 10.0. The number of carbonyl (C=O) groups excluding carboxylic acids is 2. The van der Waals surface area contributed by atoms with Crippen molar-refractivity contribution >= 4 is 23.1 Å². The SMILES string of the molecule is CCC(CC)(c1ccc(OCC(=O)C(C)(C)C)c(C)c1)c1ccc(C(=O)OC)s1. The third kappa shape index (κ3) is 4.89. The molecule has 0 spiro atoms. The summed E-state index contributed by atoms with van der Waals surface area (Å²) in [5, 5.41) is 0. The summed E-state index contributed by atoms with van der Waals surface area (Å²) in [7, 11) is 1.40. The van der Waals surface area contributed by atoms with Gasteiger partial charge in [-0.05, 0) is 49.1 Å². The van der Waals surface area contributed by atoms with E-state index in [1.54, 1.807) is 0 Å². The number of hydrogen-bond acceptors (Lipinski definition) is 5. The van der Waals surface area contributed by atoms with Gasteiger partial charge in [-0.2, -0.15) is 0 Å². The number of benzene rings is 1. The molecule has 0 fully saturated rings. The highest BCUT2D eigenvalue weighted by molar-refractivity contribution is 7.14. The first-order valence-corrected chi connectivity index (χ1v) is 10.9. The van der Waals surface area contributed by atoms with E-state index in [0.717, 1.165) is 29.0 Å². The van der Waals surface area contributed by atoms with Crippen LogP contribution in [0.25, 0.3) is 0 Å². The molecule has 158 valence electrons. The van der Waals surface area contributed by atoms with Crippen molar-refractivity contribution in [3.05, 3.63) is 51.2 Å². The molecule has 0 saturated carbocycles. The van der Waals surface area contributed by atoms with Crippen LogP contribution in [-0.2, 0) is 14.9 Å². The molecule has 2 rings (SSSR count). The van der Waals surface area contributed by atoms with Crippen LogP contribution in [0.3, 0.4) is 0 Å². The number of rotatable bonds is 8. The van der Waals surface area contributed by atoms with Gasteiger partial charge in [-0.25, -0.2) is 4.79 Å². The van der Waals surface area contributed by atoms with Gasteiger partial charge in [0.05, 0.1) is 7.11 Å². The Hall–Kier alpha value is -2.14. The smallest absolute Gasteiger partial charge is 0.348 e. The summed E-state index contributed by atoms with van der Waals surface area (Å²) in [5.41, 5.74) is 1.60. The number of Topliss-reactive ketones (excluding diaryl/α,β-unsaturated/α-hetero) is 1. The maximum absolute atomic E-state index is 12.2. The molecule has 1 heterocycles. The standard InChI is InChI=1S/C24H32O4S/c1-8-24(9-2,21-13-12-19(29-21)22(26)27-7)17-10-11-18(16(3)14-17)28-15-20(25)23(4,5)6/h10-14H,8-9,15H2,1-7H3. The average Bonchev–Trinajstić information content (AvgIpc) is 3.17. The van der Waals surface area contributed by atoms with Gasteiger partial charge in [0.25, 0.3) is 0 Å². The van der Waals surface area contributed by atoms with Crippen LogP contribution >= 0.6 is 11.3 Å². The third-order valence-corrected chi connectivity index (χ3v) is 6.86. The summed E-state index contributed by atoms with van der Waals surface area (Å²) >= 11 is 1.49. The van der Waals surface area contributed by atoms with E-state index in [9.17, 15) is 9.59 Å². The number of esters is 1. The molecule has 0 atom stereocenters. The first-order valence-electron chi connectivity index (χ1n) is 10.0. The molecule has 0 aliphatic carbocycles. The quantitative estimate of drug-likeness (QED) is 0.500. The van der Waals surface area contributed by atoms with Gasteiger partial charge in [0.2, 0.25) is 0 Å². The summed E-state index contributed by atoms with van der Waals surface area (Å²) < 4.78 is 10.7. The summed E-state index contributed by atoms with van der Waals surface area (Å²) in [6.45, 7) is 12.1. The number of thiophene rings is 1. The van der Waals surface area contributed by atoms with Crippen LogP contribution in [0.4, 0.5) is 0 Å². The summed E-state index contributed by atoms with van der Waals surface area (Å²) in [5.74, 6) is 0.506. The maximum atomic E-state index is 12.2. The van der Waals surface area contributed by atoms with E-state index in [0.29, 0.717) is 4.88 Å². The second kappa shape index (κ2) is 9.12. The zero-order valence-corrected chi connectivity index (χ0v) is 19.4. The van der Waals surface area contributed by atoms with Crippen LogP contribution in [0.5, 0.6) is 5.75 Å². The number of aryl methyl sites for hydroxylation is 1. The number of ketones is 1. The molecule has 29 heavy (non-hydrogen) atoms. The number of ether oxygens (including phenoxy) is 2. The average molecular weight is 417 g/mol. The Bertz CT molecular complexity index is 869. The normalized spacial score (nSPS) is 12.0. The van der Waals surface area contributed by atoms with Crippen LogP contribution < -0.4 is 4.74 Å². The molecule has 1 aromatic heterocycles. The maximum Gasteiger partial charge on any atom is 0.348 e. The van der Waals surface area contributed by atoms with Gasteiger partial charge >= 0.3 is 5.97 Å². The predicted octanol–water partition coefficient (Wildman–Crippen LogP) is 5.94. The molecule has 5 heteroatoms. The fourth-order valence-corrected chi connectivity index (χ4v) is 4.70. The Labute approximate surface area is 178 Å². The minimum Gasteiger partial charge on any atom is -0.486 e. The first-order chi connectivity index (χ1) is 13.6. The van der Waals surface area contributed by atoms with Crippen LogP contribution in [-0.4, -0.2) is 25.5 Å². The van der Waals surface area contributed by atoms with Gasteiger partial charge in [0, 0.05) is 15.7 Å². The molecular weight excluding hydrogens is 384 g/mol. The molecule has 0 N–H and O–H groups in total. The van der Waals surface area contributed by atoms with E-state index in [1.807, 2.05) is 45.9 Å². The van der Waals surface area contributed by atoms with Gasteiger partial charge < -0.3 is 9.47 Å². The Morgan fingerprint density at radius 3 is 2.21 bits per heavy atom. The van der Waals surface area contributed by atoms with E-state index in [-0.39, 0.29) is 23.8 Å². The lowest BCUT2D eigenvalue weighted by molar-refractivity contribution is -0.128. The van der Waals surface area contributed by atoms with E-state index < -0.39 is 5.41 Å². The molecule has 0 bridgehead atoms. The highest BCUT2D eigenvalue weighted by Crippen LogP contribution is 2.43. The monoisotopic (exact) mass is 416 g/mol. The van der Waals surface area contributed by atoms with E-state index in [1.165, 1.54) is 24.0 Å². The van der Waals surface area contributed by atoms with E-state index >= 15 is 0 Å². The zero-order chi connectivity index (χ0) is 21.8. The van der Waals surface area contributed by atoms with E-state index in [2.05, 4.69) is 26.0 Å². The van der Waals surface area contributed by atoms with Gasteiger partial charge in [-0.15, -0.1) is 11.3 Å². The lowest BCUT2D eigenvalue weighted by Gasteiger charge is -2.32. The Morgan fingerprint density at radius 1 is 1.03 bits per heavy atom. The lowest BCUT2D eigenvalue weighted by atomic mass is 9.74. The summed E-state index contributed by atoms with van der Waals surface area (Å²) in [4.78, 5) is 25.8. The van der Waals surface area contributed by atoms with Crippen molar-refractivity contribution in [1.29, 1.82) is 0 Å². The number of methoxy groups -OCH3 is 1. The van der Waals surface area contributed by atoms with Gasteiger partial charge in [-0.1, -0.05) is 46.8 Å². The fourth-order valence-electron chi connectivity index (χ4n) is 3.42. The van der Waals surface area contributed by atoms with Crippen molar-refractivity contribution in [1.82, 2.24) is 0 Å². The van der Waals surface area contributed by atoms with Crippen molar-refractivity contribution in [2.45, 2.75) is 59.8 Å². The third-order valence-electron chi connectivity index (χ3n) is 5.59. The van der Waals surface area contributed by atoms with E-state index in [4.69, 9.17) is 9.47 Å². The molecule has 0 amide bonds. The Balaban J connectivity index is 2.34. The van der Waals surface area contributed by atoms with Gasteiger partial charge in [0.1, 0.15) is 17.2 Å². The van der Waals surface area contributed by atoms with Crippen molar-refractivity contribution in [3.63, 3.8) is 0 Å². The van der Waals surface area contributed by atoms with Crippen molar-refractivity contribution in [2.24, 2.45) is 5.41 Å². The number of hydrogen-bond donors (Lipinski definition) is 0. The summed E-state index contributed by atoms with van der Waals surface area (Å²) in [6.07, 6.45) is 1.82. The molecule has 0 unspecified atom stereocenters. The molecule has 1 aromatic carbocycles. The fraction of sp³-hybridized carbons (Fsp3) is 0.500. The van der Waals surface area contributed by atoms with Crippen LogP contribution in [0.15, 0.2) is 30.3 Å². The Morgan fingerprint density at radius 2 is 1.69 bits per heavy atom. The Kier molecular flexibility index (Phi) is 7.28. The molecule has 0 radical (unpaired) electrons. The lowest BCUT2D eigenvalue weighted by Crippen LogP contribution is -2.27. The largest absolute Gasteiger partial charge is 0.486 e. The molecule has 2 aromatic rings. The van der Waals surface area contributed by atoms with Crippen LogP contribution in [0.1, 0.15) is 73.1 Å². The molecule has 0 aliphatic rings. The minimum absolute atomic E-state index is 0.0732. The highest BCUT2D eigenvalue weighted by Gasteiger charge is 2.33. The molecule has 0 aliphatic heterocycles. The van der Waals surface area contributed by atoms with Crippen molar-refractivity contribution in [2.75, 3.05) is 13.7 Å². The van der Waals surface area contributed by atoms with Gasteiger partial charge in [-0.3, -0.25) is 4.79 Å². The van der Waals surface area contributed by atoms with Crippen molar-refractivity contribution in [3.8, 4) is 5.75 Å². The second-order valence-corrected chi connectivity index (χ2v) is 9.47. The highest BCUT2D eigenvalue weighted by atomic mass is 32.1. The second-order valence-electron chi connectivity index (χ2n) is 8.39. The topological polar surface area (TPSA) is 52.6 Å². The minimum atomic E-state index is -0.413. The predicted molar refractivity (Wildman–Crippen MR) is 118 cm³/mol. The molecular formula is C24H32O4S. The molecule has 0 saturated heterocycles. The number of carbonyl (C=O) groups is 2.